The number of anilines is 1. The lowest BCUT2D eigenvalue weighted by Crippen LogP contribution is -2.52. The molecule has 1 unspecified atom stereocenters. The summed E-state index contributed by atoms with van der Waals surface area (Å²) in [4.78, 5) is 16.6. The first-order valence-electron chi connectivity index (χ1n) is 8.60. The lowest BCUT2D eigenvalue weighted by molar-refractivity contribution is 0.108. The number of hydrogen-bond donors (Lipinski definition) is 1. The van der Waals surface area contributed by atoms with Crippen molar-refractivity contribution in [1.82, 2.24) is 10.2 Å². The van der Waals surface area contributed by atoms with Gasteiger partial charge in [-0.2, -0.15) is 0 Å². The molecule has 2 heterocycles. The number of benzene rings is 1. The Morgan fingerprint density at radius 1 is 1.26 bits per heavy atom. The third-order valence-corrected chi connectivity index (χ3v) is 4.78. The largest absolute Gasteiger partial charge is 0.376 e. The molecule has 1 aromatic carbocycles. The molecule has 1 N–H and O–H groups in total. The molecule has 1 aromatic rings. The second-order valence-corrected chi connectivity index (χ2v) is 6.59. The van der Waals surface area contributed by atoms with Crippen LogP contribution in [-0.2, 0) is 4.74 Å². The number of carbonyl (C=O) groups excluding carboxylic acids is 1. The number of aryl methyl sites for hydroxylation is 2. The SMILES string of the molecule is Cc1ccc(C)c(N2CCN(C(=O)NCC3CCCO3)CC2)c1. The molecular weight excluding hydrogens is 290 g/mol. The van der Waals surface area contributed by atoms with E-state index in [0.717, 1.165) is 45.6 Å². The summed E-state index contributed by atoms with van der Waals surface area (Å²) in [6, 6.07) is 6.60. The van der Waals surface area contributed by atoms with E-state index in [9.17, 15) is 4.79 Å². The van der Waals surface area contributed by atoms with Crippen molar-refractivity contribution in [2.24, 2.45) is 0 Å². The summed E-state index contributed by atoms with van der Waals surface area (Å²) in [5.41, 5.74) is 3.87. The Morgan fingerprint density at radius 2 is 2.04 bits per heavy atom. The van der Waals surface area contributed by atoms with E-state index in [-0.39, 0.29) is 12.1 Å². The zero-order valence-electron chi connectivity index (χ0n) is 14.2. The van der Waals surface area contributed by atoms with E-state index >= 15 is 0 Å². The van der Waals surface area contributed by atoms with Crippen molar-refractivity contribution in [1.29, 1.82) is 0 Å². The van der Waals surface area contributed by atoms with Crippen molar-refractivity contribution < 1.29 is 9.53 Å². The van der Waals surface area contributed by atoms with Crippen LogP contribution in [0.2, 0.25) is 0 Å². The fraction of sp³-hybridized carbons (Fsp3) is 0.611. The van der Waals surface area contributed by atoms with Gasteiger partial charge in [-0.05, 0) is 43.9 Å². The second-order valence-electron chi connectivity index (χ2n) is 6.59. The Labute approximate surface area is 138 Å². The first kappa shape index (κ1) is 16.1. The summed E-state index contributed by atoms with van der Waals surface area (Å²) in [6.07, 6.45) is 2.37. The average molecular weight is 317 g/mol. The molecule has 2 aliphatic rings. The predicted molar refractivity (Wildman–Crippen MR) is 92.1 cm³/mol. The zero-order chi connectivity index (χ0) is 16.2. The van der Waals surface area contributed by atoms with Crippen molar-refractivity contribution in [2.75, 3.05) is 44.2 Å². The third kappa shape index (κ3) is 3.96. The summed E-state index contributed by atoms with van der Waals surface area (Å²) >= 11 is 0. The number of ether oxygens (including phenoxy) is 1. The fourth-order valence-electron chi connectivity index (χ4n) is 3.33. The molecule has 0 radical (unpaired) electrons. The maximum absolute atomic E-state index is 12.3. The van der Waals surface area contributed by atoms with Crippen LogP contribution in [-0.4, -0.2) is 56.4 Å². The van der Waals surface area contributed by atoms with E-state index < -0.39 is 0 Å². The van der Waals surface area contributed by atoms with Crippen LogP contribution in [0, 0.1) is 13.8 Å². The predicted octanol–water partition coefficient (Wildman–Crippen LogP) is 2.31. The number of nitrogens with zero attached hydrogens (tertiary/aromatic N) is 2. The van der Waals surface area contributed by atoms with Crippen LogP contribution >= 0.6 is 0 Å². The maximum atomic E-state index is 12.3. The van der Waals surface area contributed by atoms with Gasteiger partial charge in [0.05, 0.1) is 6.10 Å². The minimum atomic E-state index is 0.0427. The van der Waals surface area contributed by atoms with E-state index in [4.69, 9.17) is 4.74 Å². The molecule has 5 nitrogen and oxygen atoms in total. The first-order chi connectivity index (χ1) is 11.1. The Bertz CT molecular complexity index is 547. The van der Waals surface area contributed by atoms with Crippen LogP contribution < -0.4 is 10.2 Å². The van der Waals surface area contributed by atoms with Crippen LogP contribution in [0.5, 0.6) is 0 Å². The van der Waals surface area contributed by atoms with Gasteiger partial charge < -0.3 is 19.9 Å². The summed E-state index contributed by atoms with van der Waals surface area (Å²) in [5.74, 6) is 0. The average Bonchev–Trinajstić information content (AvgIpc) is 3.08. The normalized spacial score (nSPS) is 21.6. The number of hydrogen-bond acceptors (Lipinski definition) is 3. The molecule has 0 aromatic heterocycles. The molecular formula is C18H27N3O2. The first-order valence-corrected chi connectivity index (χ1v) is 8.60. The van der Waals surface area contributed by atoms with E-state index in [2.05, 4.69) is 42.3 Å². The minimum absolute atomic E-state index is 0.0427. The number of carbonyl (C=O) groups is 1. The third-order valence-electron chi connectivity index (χ3n) is 4.78. The Hall–Kier alpha value is -1.75. The number of nitrogens with one attached hydrogen (secondary N) is 1. The van der Waals surface area contributed by atoms with E-state index in [0.29, 0.717) is 6.54 Å². The number of rotatable bonds is 3. The van der Waals surface area contributed by atoms with Crippen LogP contribution in [0.4, 0.5) is 10.5 Å². The van der Waals surface area contributed by atoms with Gasteiger partial charge in [-0.25, -0.2) is 4.79 Å². The van der Waals surface area contributed by atoms with Crippen molar-refractivity contribution in [3.63, 3.8) is 0 Å². The summed E-state index contributed by atoms with van der Waals surface area (Å²) in [7, 11) is 0. The molecule has 23 heavy (non-hydrogen) atoms. The van der Waals surface area contributed by atoms with E-state index in [1.54, 1.807) is 0 Å². The smallest absolute Gasteiger partial charge is 0.317 e. The van der Waals surface area contributed by atoms with Gasteiger partial charge in [-0.1, -0.05) is 12.1 Å². The Morgan fingerprint density at radius 3 is 2.74 bits per heavy atom. The molecule has 0 bridgehead atoms. The van der Waals surface area contributed by atoms with Crippen molar-refractivity contribution in [2.45, 2.75) is 32.8 Å². The number of urea groups is 1. The molecule has 2 amide bonds. The van der Waals surface area contributed by atoms with Gasteiger partial charge >= 0.3 is 6.03 Å². The summed E-state index contributed by atoms with van der Waals surface area (Å²) in [6.45, 7) is 9.04. The van der Waals surface area contributed by atoms with Gasteiger partial charge in [0.2, 0.25) is 0 Å². The standard InChI is InChI=1S/C18H27N3O2/c1-14-5-6-15(2)17(12-14)20-7-9-21(10-8-20)18(22)19-13-16-4-3-11-23-16/h5-6,12,16H,3-4,7-11,13H2,1-2H3,(H,19,22). The van der Waals surface area contributed by atoms with Crippen molar-refractivity contribution >= 4 is 11.7 Å². The maximum Gasteiger partial charge on any atom is 0.317 e. The molecule has 2 saturated heterocycles. The molecule has 2 fully saturated rings. The fourth-order valence-corrected chi connectivity index (χ4v) is 3.33. The summed E-state index contributed by atoms with van der Waals surface area (Å²) < 4.78 is 5.55. The van der Waals surface area contributed by atoms with Crippen LogP contribution in [0.3, 0.4) is 0 Å². The highest BCUT2D eigenvalue weighted by molar-refractivity contribution is 5.74. The van der Waals surface area contributed by atoms with Crippen LogP contribution in [0.15, 0.2) is 18.2 Å². The molecule has 0 aliphatic carbocycles. The highest BCUT2D eigenvalue weighted by Crippen LogP contribution is 2.22. The Balaban J connectivity index is 1.49. The number of amides is 2. The molecule has 1 atom stereocenters. The second kappa shape index (κ2) is 7.21. The van der Waals surface area contributed by atoms with Gasteiger partial charge in [0, 0.05) is 45.0 Å². The molecule has 2 aliphatic heterocycles. The summed E-state index contributed by atoms with van der Waals surface area (Å²) in [5, 5.41) is 3.01. The minimum Gasteiger partial charge on any atom is -0.376 e. The number of piperazine rings is 1. The quantitative estimate of drug-likeness (QED) is 0.930. The molecule has 5 heteroatoms. The van der Waals surface area contributed by atoms with Crippen molar-refractivity contribution in [3.8, 4) is 0 Å². The molecule has 0 spiro atoms. The van der Waals surface area contributed by atoms with Crippen LogP contribution in [0.25, 0.3) is 0 Å². The zero-order valence-corrected chi connectivity index (χ0v) is 14.2. The highest BCUT2D eigenvalue weighted by Gasteiger charge is 2.23. The topological polar surface area (TPSA) is 44.8 Å². The highest BCUT2D eigenvalue weighted by atomic mass is 16.5. The van der Waals surface area contributed by atoms with Crippen molar-refractivity contribution in [3.05, 3.63) is 29.3 Å². The Kier molecular flexibility index (Phi) is 5.06. The lowest BCUT2D eigenvalue weighted by atomic mass is 10.1. The van der Waals surface area contributed by atoms with Gasteiger partial charge in [-0.15, -0.1) is 0 Å². The van der Waals surface area contributed by atoms with Crippen LogP contribution in [0.1, 0.15) is 24.0 Å². The van der Waals surface area contributed by atoms with E-state index in [1.807, 2.05) is 4.90 Å². The van der Waals surface area contributed by atoms with E-state index in [1.165, 1.54) is 16.8 Å². The monoisotopic (exact) mass is 317 g/mol. The molecule has 0 saturated carbocycles. The van der Waals surface area contributed by atoms with Gasteiger partial charge in [0.25, 0.3) is 0 Å². The van der Waals surface area contributed by atoms with Gasteiger partial charge in [0.15, 0.2) is 0 Å². The van der Waals surface area contributed by atoms with Gasteiger partial charge in [0.1, 0.15) is 0 Å². The molecule has 126 valence electrons. The molecule has 3 rings (SSSR count). The van der Waals surface area contributed by atoms with Gasteiger partial charge in [-0.3, -0.25) is 0 Å². The lowest BCUT2D eigenvalue weighted by Gasteiger charge is -2.37.